The fourth-order valence-electron chi connectivity index (χ4n) is 2.04. The van der Waals surface area contributed by atoms with Crippen LogP contribution in [-0.2, 0) is 0 Å². The van der Waals surface area contributed by atoms with E-state index in [1.54, 1.807) is 0 Å². The van der Waals surface area contributed by atoms with Crippen molar-refractivity contribution in [2.24, 2.45) is 0 Å². The van der Waals surface area contributed by atoms with E-state index in [1.807, 2.05) is 6.07 Å². The summed E-state index contributed by atoms with van der Waals surface area (Å²) in [6, 6.07) is 2.63. The average molecular weight is 281 g/mol. The molecule has 2 rings (SSSR count). The fraction of sp³-hybridized carbons (Fsp3) is 0.364. The van der Waals surface area contributed by atoms with Gasteiger partial charge in [0.05, 0.1) is 11.0 Å². The van der Waals surface area contributed by atoms with E-state index < -0.39 is 22.6 Å². The average Bonchev–Trinajstić information content (AvgIpc) is 2.85. The van der Waals surface area contributed by atoms with Crippen LogP contribution in [0.5, 0.6) is 0 Å². The van der Waals surface area contributed by atoms with Crippen LogP contribution in [0.1, 0.15) is 23.2 Å². The largest absolute Gasteiger partial charge is 0.322 e. The molecule has 0 aromatic carbocycles. The van der Waals surface area contributed by atoms with E-state index in [4.69, 9.17) is 16.9 Å². The maximum atomic E-state index is 12.3. The van der Waals surface area contributed by atoms with E-state index in [9.17, 15) is 14.9 Å². The van der Waals surface area contributed by atoms with E-state index in [0.29, 0.717) is 19.4 Å². The lowest BCUT2D eigenvalue weighted by Gasteiger charge is -2.19. The summed E-state index contributed by atoms with van der Waals surface area (Å²) in [6.07, 6.45) is 2.23. The third kappa shape index (κ3) is 2.48. The molecule has 1 aromatic heterocycles. The molecule has 98 valence electrons. The normalized spacial score (nSPS) is 18.1. The Kier molecular flexibility index (Phi) is 3.62. The van der Waals surface area contributed by atoms with Crippen molar-refractivity contribution >= 4 is 23.2 Å². The van der Waals surface area contributed by atoms with Crippen molar-refractivity contribution in [3.05, 3.63) is 33.1 Å². The molecule has 1 aliphatic heterocycles. The zero-order chi connectivity index (χ0) is 14.0. The van der Waals surface area contributed by atoms with Crippen LogP contribution in [0.25, 0.3) is 0 Å². The first kappa shape index (κ1) is 13.2. The number of nitrogens with zero attached hydrogens (tertiary/aromatic N) is 4. The molecule has 8 heteroatoms. The van der Waals surface area contributed by atoms with Crippen LogP contribution in [-0.4, -0.2) is 33.3 Å². The molecule has 19 heavy (non-hydrogen) atoms. The smallest absolute Gasteiger partial charge is 0.300 e. The highest BCUT2D eigenvalue weighted by atomic mass is 35.5. The quantitative estimate of drug-likeness (QED) is 0.467. The summed E-state index contributed by atoms with van der Waals surface area (Å²) in [5, 5.41) is 19.8. The minimum absolute atomic E-state index is 0.00153. The molecular weight excluding hydrogens is 272 g/mol. The van der Waals surface area contributed by atoms with Gasteiger partial charge in [0.2, 0.25) is 0 Å². The maximum Gasteiger partial charge on any atom is 0.300 e. The maximum absolute atomic E-state index is 12.3. The lowest BCUT2D eigenvalue weighted by Crippen LogP contribution is -2.35. The molecule has 1 fully saturated rings. The number of amides is 1. The van der Waals surface area contributed by atoms with Crippen molar-refractivity contribution < 1.29 is 9.72 Å². The second-order valence-corrected chi connectivity index (χ2v) is 4.45. The first-order chi connectivity index (χ1) is 9.04. The Hall–Kier alpha value is -2.20. The Morgan fingerprint density at radius 1 is 1.68 bits per heavy atom. The molecule has 1 aliphatic rings. The van der Waals surface area contributed by atoms with Crippen molar-refractivity contribution in [1.82, 2.24) is 9.88 Å². The van der Waals surface area contributed by atoms with Gasteiger partial charge >= 0.3 is 0 Å². The third-order valence-electron chi connectivity index (χ3n) is 2.94. The highest BCUT2D eigenvalue weighted by Crippen LogP contribution is 2.26. The van der Waals surface area contributed by atoms with Gasteiger partial charge in [0.25, 0.3) is 11.6 Å². The lowest BCUT2D eigenvalue weighted by molar-refractivity contribution is -0.385. The molecule has 0 bridgehead atoms. The van der Waals surface area contributed by atoms with Crippen LogP contribution >= 0.6 is 11.6 Å². The van der Waals surface area contributed by atoms with Gasteiger partial charge in [0, 0.05) is 6.54 Å². The second-order valence-electron chi connectivity index (χ2n) is 4.07. The summed E-state index contributed by atoms with van der Waals surface area (Å²) in [7, 11) is 0. The second kappa shape index (κ2) is 5.20. The first-order valence-corrected chi connectivity index (χ1v) is 5.93. The van der Waals surface area contributed by atoms with Gasteiger partial charge in [-0.15, -0.1) is 0 Å². The lowest BCUT2D eigenvalue weighted by atomic mass is 10.2. The highest BCUT2D eigenvalue weighted by molar-refractivity contribution is 6.29. The zero-order valence-corrected chi connectivity index (χ0v) is 10.5. The van der Waals surface area contributed by atoms with Gasteiger partial charge in [0.1, 0.15) is 23.0 Å². The molecular formula is C11H9ClN4O3. The van der Waals surface area contributed by atoms with Crippen LogP contribution in [0.2, 0.25) is 5.15 Å². The Bertz CT molecular complexity index is 584. The number of carbonyl (C=O) groups excluding carboxylic acids is 1. The summed E-state index contributed by atoms with van der Waals surface area (Å²) in [5.41, 5.74) is -0.537. The molecule has 0 saturated carbocycles. The number of carbonyl (C=O) groups is 1. The molecule has 1 unspecified atom stereocenters. The van der Waals surface area contributed by atoms with E-state index >= 15 is 0 Å². The summed E-state index contributed by atoms with van der Waals surface area (Å²) in [6.45, 7) is 0.411. The Labute approximate surface area is 113 Å². The number of aromatic nitrogens is 1. The molecule has 1 atom stereocenters. The molecule has 0 radical (unpaired) electrons. The van der Waals surface area contributed by atoms with Crippen LogP contribution in [0.4, 0.5) is 5.69 Å². The van der Waals surface area contributed by atoms with E-state index in [2.05, 4.69) is 4.98 Å². The summed E-state index contributed by atoms with van der Waals surface area (Å²) >= 11 is 5.67. The summed E-state index contributed by atoms with van der Waals surface area (Å²) < 4.78 is 0. The molecule has 0 N–H and O–H groups in total. The molecule has 1 saturated heterocycles. The van der Waals surface area contributed by atoms with E-state index in [0.717, 1.165) is 12.3 Å². The minimum Gasteiger partial charge on any atom is -0.322 e. The van der Waals surface area contributed by atoms with Gasteiger partial charge in [-0.2, -0.15) is 5.26 Å². The predicted octanol–water partition coefficient (Wildman–Crippen LogP) is 1.77. The van der Waals surface area contributed by atoms with Crippen molar-refractivity contribution in [2.45, 2.75) is 18.9 Å². The van der Waals surface area contributed by atoms with Gasteiger partial charge < -0.3 is 4.90 Å². The van der Waals surface area contributed by atoms with Gasteiger partial charge in [-0.25, -0.2) is 4.98 Å². The molecule has 1 amide bonds. The predicted molar refractivity (Wildman–Crippen MR) is 65.6 cm³/mol. The molecule has 0 aliphatic carbocycles. The molecule has 1 aromatic rings. The van der Waals surface area contributed by atoms with Crippen LogP contribution in [0.15, 0.2) is 12.3 Å². The van der Waals surface area contributed by atoms with E-state index in [1.165, 1.54) is 4.90 Å². The van der Waals surface area contributed by atoms with Crippen molar-refractivity contribution in [1.29, 1.82) is 5.26 Å². The van der Waals surface area contributed by atoms with Gasteiger partial charge in [-0.1, -0.05) is 11.6 Å². The number of halogens is 1. The van der Waals surface area contributed by atoms with Gasteiger partial charge in [-0.05, 0) is 18.9 Å². The Morgan fingerprint density at radius 3 is 3.05 bits per heavy atom. The zero-order valence-electron chi connectivity index (χ0n) is 9.74. The number of rotatable bonds is 2. The number of pyridine rings is 1. The van der Waals surface area contributed by atoms with Gasteiger partial charge in [-0.3, -0.25) is 14.9 Å². The van der Waals surface area contributed by atoms with Crippen molar-refractivity contribution in [3.63, 3.8) is 0 Å². The number of nitro groups is 1. The number of hydrogen-bond donors (Lipinski definition) is 0. The number of nitriles is 1. The molecule has 2 heterocycles. The summed E-state index contributed by atoms with van der Waals surface area (Å²) in [4.78, 5) is 27.4. The minimum atomic E-state index is -0.686. The standard InChI is InChI=1S/C11H9ClN4O3/c12-10-4-8(9(6-14-10)16(18)19)11(17)15-3-1-2-7(15)5-13/h4,6-7H,1-3H2. The fourth-order valence-corrected chi connectivity index (χ4v) is 2.20. The van der Waals surface area contributed by atoms with Crippen LogP contribution < -0.4 is 0 Å². The monoisotopic (exact) mass is 280 g/mol. The van der Waals surface area contributed by atoms with E-state index in [-0.39, 0.29) is 10.7 Å². The first-order valence-electron chi connectivity index (χ1n) is 5.55. The van der Waals surface area contributed by atoms with Crippen molar-refractivity contribution in [2.75, 3.05) is 6.54 Å². The third-order valence-corrected chi connectivity index (χ3v) is 3.15. The Morgan fingerprint density at radius 2 is 2.42 bits per heavy atom. The SMILES string of the molecule is N#CC1CCCN1C(=O)c1cc(Cl)ncc1[N+](=O)[O-]. The molecule has 7 nitrogen and oxygen atoms in total. The van der Waals surface area contributed by atoms with Gasteiger partial charge in [0.15, 0.2) is 0 Å². The van der Waals surface area contributed by atoms with Crippen molar-refractivity contribution in [3.8, 4) is 6.07 Å². The Balaban J connectivity index is 2.41. The van der Waals surface area contributed by atoms with Crippen LogP contribution in [0, 0.1) is 21.4 Å². The highest BCUT2D eigenvalue weighted by Gasteiger charge is 2.33. The number of likely N-dealkylation sites (tertiary alicyclic amines) is 1. The summed E-state index contributed by atoms with van der Waals surface area (Å²) in [5.74, 6) is -0.556. The molecule has 0 spiro atoms. The van der Waals surface area contributed by atoms with Crippen LogP contribution in [0.3, 0.4) is 0 Å². The topological polar surface area (TPSA) is 100 Å². The number of hydrogen-bond acceptors (Lipinski definition) is 5.